The van der Waals surface area contributed by atoms with Crippen LogP contribution in [0.1, 0.15) is 25.7 Å². The highest BCUT2D eigenvalue weighted by Gasteiger charge is 2.40. The fourth-order valence-corrected chi connectivity index (χ4v) is 4.18. The zero-order valence-corrected chi connectivity index (χ0v) is 15.2. The first-order chi connectivity index (χ1) is 13.6. The lowest BCUT2D eigenvalue weighted by atomic mass is 10.2. The van der Waals surface area contributed by atoms with E-state index in [1.54, 1.807) is 24.3 Å². The van der Waals surface area contributed by atoms with Crippen LogP contribution in [-0.2, 0) is 6.54 Å². The molecule has 1 aliphatic heterocycles. The van der Waals surface area contributed by atoms with Crippen molar-refractivity contribution in [3.8, 4) is 11.3 Å². The number of fused-ring (bicyclic) bond motifs is 3. The second-order valence-electron chi connectivity index (χ2n) is 6.29. The molecular formula is C20H12N4O3S. The van der Waals surface area contributed by atoms with Crippen molar-refractivity contribution in [1.82, 2.24) is 19.5 Å². The summed E-state index contributed by atoms with van der Waals surface area (Å²) in [4.78, 5) is 43.8. The largest absolute Gasteiger partial charge is 0.300 e. The van der Waals surface area contributed by atoms with Crippen LogP contribution in [0.2, 0.25) is 0 Å². The number of aromatic nitrogens is 3. The molecule has 28 heavy (non-hydrogen) atoms. The maximum atomic E-state index is 13.0. The van der Waals surface area contributed by atoms with E-state index < -0.39 is 17.4 Å². The highest BCUT2D eigenvalue weighted by atomic mass is 32.1. The number of carbonyl (C=O) groups excluding carboxylic acids is 2. The van der Waals surface area contributed by atoms with Crippen LogP contribution < -0.4 is 5.56 Å². The van der Waals surface area contributed by atoms with E-state index in [-0.39, 0.29) is 27.8 Å². The third-order valence-electron chi connectivity index (χ3n) is 4.52. The summed E-state index contributed by atoms with van der Waals surface area (Å²) < 4.78 is 1.31. The SMILES string of the molecule is O=C1c2sc3nc(=O)c(-c4ccccc4)nn3c2C(=O)N1Cc1ccccc1. The van der Waals surface area contributed by atoms with Gasteiger partial charge in [0.1, 0.15) is 4.88 Å². The first-order valence-corrected chi connectivity index (χ1v) is 9.34. The van der Waals surface area contributed by atoms with E-state index in [9.17, 15) is 14.4 Å². The zero-order valence-electron chi connectivity index (χ0n) is 14.4. The number of amides is 2. The molecule has 0 fully saturated rings. The van der Waals surface area contributed by atoms with Crippen molar-refractivity contribution in [2.45, 2.75) is 6.54 Å². The summed E-state index contributed by atoms with van der Waals surface area (Å²) in [7, 11) is 0. The van der Waals surface area contributed by atoms with Crippen molar-refractivity contribution in [1.29, 1.82) is 0 Å². The Bertz CT molecular complexity index is 1300. The summed E-state index contributed by atoms with van der Waals surface area (Å²) in [5, 5.41) is 4.36. The van der Waals surface area contributed by atoms with Gasteiger partial charge in [-0.15, -0.1) is 0 Å². The molecule has 0 radical (unpaired) electrons. The number of hydrogen-bond donors (Lipinski definition) is 0. The molecule has 0 spiro atoms. The van der Waals surface area contributed by atoms with E-state index in [0.29, 0.717) is 5.56 Å². The Morgan fingerprint density at radius 2 is 1.54 bits per heavy atom. The number of hydrogen-bond acceptors (Lipinski definition) is 6. The van der Waals surface area contributed by atoms with E-state index in [2.05, 4.69) is 10.1 Å². The third-order valence-corrected chi connectivity index (χ3v) is 5.54. The van der Waals surface area contributed by atoms with E-state index >= 15 is 0 Å². The van der Waals surface area contributed by atoms with Gasteiger partial charge in [0.25, 0.3) is 11.8 Å². The van der Waals surface area contributed by atoms with Gasteiger partial charge in [-0.3, -0.25) is 19.3 Å². The Hall–Kier alpha value is -3.65. The predicted molar refractivity (Wildman–Crippen MR) is 103 cm³/mol. The lowest BCUT2D eigenvalue weighted by Gasteiger charge is -2.14. The smallest absolute Gasteiger partial charge is 0.268 e. The van der Waals surface area contributed by atoms with Crippen LogP contribution in [0.5, 0.6) is 0 Å². The number of benzene rings is 2. The van der Waals surface area contributed by atoms with Gasteiger partial charge in [-0.1, -0.05) is 72.0 Å². The van der Waals surface area contributed by atoms with Gasteiger partial charge < -0.3 is 0 Å². The van der Waals surface area contributed by atoms with Crippen LogP contribution in [-0.4, -0.2) is 31.3 Å². The zero-order chi connectivity index (χ0) is 19.3. The first kappa shape index (κ1) is 16.5. The van der Waals surface area contributed by atoms with Crippen molar-refractivity contribution < 1.29 is 9.59 Å². The highest BCUT2D eigenvalue weighted by Crippen LogP contribution is 2.31. The summed E-state index contributed by atoms with van der Waals surface area (Å²) in [5.41, 5.74) is 1.26. The number of rotatable bonds is 3. The maximum absolute atomic E-state index is 13.0. The molecule has 0 saturated heterocycles. The summed E-state index contributed by atoms with van der Waals surface area (Å²) in [6.07, 6.45) is 0. The molecule has 1 aliphatic rings. The molecule has 0 aliphatic carbocycles. The van der Waals surface area contributed by atoms with E-state index in [0.717, 1.165) is 16.9 Å². The molecule has 2 aromatic carbocycles. The summed E-state index contributed by atoms with van der Waals surface area (Å²) in [6, 6.07) is 18.2. The molecule has 5 rings (SSSR count). The van der Waals surface area contributed by atoms with Gasteiger partial charge in [0, 0.05) is 5.56 Å². The summed E-state index contributed by atoms with van der Waals surface area (Å²) in [6.45, 7) is 0.181. The second-order valence-corrected chi connectivity index (χ2v) is 7.27. The van der Waals surface area contributed by atoms with Gasteiger partial charge in [-0.05, 0) is 5.56 Å². The average molecular weight is 388 g/mol. The number of imide groups is 1. The third kappa shape index (κ3) is 2.46. The van der Waals surface area contributed by atoms with Crippen LogP contribution in [0, 0.1) is 0 Å². The van der Waals surface area contributed by atoms with Crippen LogP contribution in [0.4, 0.5) is 0 Å². The molecule has 2 amide bonds. The molecule has 0 N–H and O–H groups in total. The number of nitrogens with zero attached hydrogens (tertiary/aromatic N) is 4. The molecule has 8 heteroatoms. The van der Waals surface area contributed by atoms with Crippen LogP contribution >= 0.6 is 11.3 Å². The van der Waals surface area contributed by atoms with Crippen molar-refractivity contribution >= 4 is 28.1 Å². The van der Waals surface area contributed by atoms with Crippen molar-refractivity contribution in [2.24, 2.45) is 0 Å². The molecule has 2 aromatic heterocycles. The van der Waals surface area contributed by atoms with Gasteiger partial charge in [-0.2, -0.15) is 14.6 Å². The lowest BCUT2D eigenvalue weighted by molar-refractivity contribution is 0.0640. The molecule has 3 heterocycles. The van der Waals surface area contributed by atoms with Crippen molar-refractivity contribution in [3.05, 3.63) is 87.2 Å². The van der Waals surface area contributed by atoms with E-state index in [1.165, 1.54) is 9.42 Å². The van der Waals surface area contributed by atoms with Gasteiger partial charge in [-0.25, -0.2) is 0 Å². The van der Waals surface area contributed by atoms with Gasteiger partial charge in [0.15, 0.2) is 11.4 Å². The Morgan fingerprint density at radius 1 is 0.857 bits per heavy atom. The standard InChI is InChI=1S/C20H12N4O3S/c25-17-14(13-9-5-2-6-10-13)22-24-15-16(28-20(24)21-17)19(27)23(18(15)26)11-12-7-3-1-4-8-12/h1-10H,11H2. The van der Waals surface area contributed by atoms with Crippen molar-refractivity contribution in [2.75, 3.05) is 0 Å². The van der Waals surface area contributed by atoms with E-state index in [1.807, 2.05) is 36.4 Å². The highest BCUT2D eigenvalue weighted by molar-refractivity contribution is 7.19. The Balaban J connectivity index is 1.62. The fourth-order valence-electron chi connectivity index (χ4n) is 3.18. The quantitative estimate of drug-likeness (QED) is 0.504. The summed E-state index contributed by atoms with van der Waals surface area (Å²) >= 11 is 1.01. The normalized spacial score (nSPS) is 13.4. The molecule has 136 valence electrons. The fraction of sp³-hybridized carbons (Fsp3) is 0.0500. The van der Waals surface area contributed by atoms with Crippen LogP contribution in [0.15, 0.2) is 65.5 Å². The van der Waals surface area contributed by atoms with Crippen LogP contribution in [0.25, 0.3) is 16.2 Å². The molecule has 0 unspecified atom stereocenters. The van der Waals surface area contributed by atoms with Gasteiger partial charge in [0.2, 0.25) is 4.96 Å². The molecular weight excluding hydrogens is 376 g/mol. The van der Waals surface area contributed by atoms with E-state index in [4.69, 9.17) is 0 Å². The van der Waals surface area contributed by atoms with Crippen molar-refractivity contribution in [3.63, 3.8) is 0 Å². The minimum absolute atomic E-state index is 0.139. The maximum Gasteiger partial charge on any atom is 0.300 e. The minimum Gasteiger partial charge on any atom is -0.268 e. The average Bonchev–Trinajstić information content (AvgIpc) is 3.19. The molecule has 0 atom stereocenters. The predicted octanol–water partition coefficient (Wildman–Crippen LogP) is 2.61. The number of thiazole rings is 1. The molecule has 0 saturated carbocycles. The van der Waals surface area contributed by atoms with Crippen LogP contribution in [0.3, 0.4) is 0 Å². The molecule has 0 bridgehead atoms. The lowest BCUT2D eigenvalue weighted by Crippen LogP contribution is -2.30. The summed E-state index contributed by atoms with van der Waals surface area (Å²) in [5.74, 6) is -0.832. The Labute approximate surface area is 162 Å². The second kappa shape index (κ2) is 6.21. The Morgan fingerprint density at radius 3 is 2.25 bits per heavy atom. The minimum atomic E-state index is -0.493. The molecule has 4 aromatic rings. The topological polar surface area (TPSA) is 84.6 Å². The Kier molecular flexibility index (Phi) is 3.66. The number of carbonyl (C=O) groups is 2. The van der Waals surface area contributed by atoms with Gasteiger partial charge in [0.05, 0.1) is 6.54 Å². The monoisotopic (exact) mass is 388 g/mol. The molecule has 7 nitrogen and oxygen atoms in total. The van der Waals surface area contributed by atoms with Gasteiger partial charge >= 0.3 is 5.56 Å². The first-order valence-electron chi connectivity index (χ1n) is 8.53.